The molecule has 0 saturated carbocycles. The highest BCUT2D eigenvalue weighted by Gasteiger charge is 2.57. The Hall–Kier alpha value is -16.3. The molecule has 0 saturated heterocycles. The Kier molecular flexibility index (Phi) is 19.0. The van der Waals surface area contributed by atoms with Crippen molar-refractivity contribution in [1.82, 2.24) is 0 Å². The van der Waals surface area contributed by atoms with Gasteiger partial charge in [0.1, 0.15) is 116 Å². The lowest BCUT2D eigenvalue weighted by atomic mass is 9.72. The van der Waals surface area contributed by atoms with Gasteiger partial charge in [-0.2, -0.15) is 21.0 Å². The van der Waals surface area contributed by atoms with E-state index in [2.05, 4.69) is 57.3 Å². The number of anilines is 1. The zero-order valence-corrected chi connectivity index (χ0v) is 65.0. The van der Waals surface area contributed by atoms with Gasteiger partial charge in [-0.25, -0.2) is 0 Å². The Morgan fingerprint density at radius 1 is 0.292 bits per heavy atom. The van der Waals surface area contributed by atoms with Crippen molar-refractivity contribution in [2.45, 2.75) is 56.8 Å². The average molecular weight is 1570 g/mol. The number of nitriles is 4. The summed E-state index contributed by atoms with van der Waals surface area (Å²) >= 11 is 0. The predicted octanol–water partition coefficient (Wildman–Crippen LogP) is 25.6. The Morgan fingerprint density at radius 2 is 0.550 bits per heavy atom. The number of carbonyl (C=O) groups excluding carboxylic acids is 4. The SMILES string of the molecule is CC1(C)CC2(CC(C)(C)c3cc(Oc4cccc(Oc5cc6ccccc6cc5C(=O)Nc5cccc6ccccc56)c4C#N)c(Oc4cccc(Oc5cc6ccccc6cc5C=O)c4C#N)cc32)c2cc(Oc3cccc(Oc4cc5ccccc5cc4C=O)c3C#N)c(Oc3cccc(Oc4cc5ccccc5cc4C=O)c3C#N)cc21. The third-order valence-corrected chi connectivity index (χ3v) is 22.4. The first kappa shape index (κ1) is 75.0. The summed E-state index contributed by atoms with van der Waals surface area (Å²) in [4.78, 5) is 53.0. The topological polar surface area (TPSA) is 249 Å². The van der Waals surface area contributed by atoms with Gasteiger partial charge in [-0.1, -0.05) is 185 Å². The van der Waals surface area contributed by atoms with Crippen LogP contribution in [0, 0.1) is 45.3 Å². The summed E-state index contributed by atoms with van der Waals surface area (Å²) in [6.07, 6.45) is 3.02. The number of carbonyl (C=O) groups is 4. The number of ether oxygens (including phenoxy) is 8. The standard InChI is InChI=1S/C103H67N5O12/c1-101(2)59-103(81-50-98(119-89-37-17-33-85(76(89)53-105)114-93-45-67-26-10-6-22-63(67)41-71(93)57-110)96(48-79(81)101)117-88-36-16-32-84(75(88)52-104)113-92-44-66-25-9-5-21-62(66)40-70(92)56-109)60-102(3,4)80-49-97(99(51-82(80)103)120-90-38-18-34-86(77(90)54-106)115-94-46-68-27-11-7-23-64(68)42-72(94)58-111)118-91-39-19-35-87(78(91)55-107)116-95-47-69-28-12-8-24-65(69)43-74(95)100(112)108-83-31-15-29-61-20-13-14-30-73(61)83/h5-51,56-58H,59-60H2,1-4H3,(H,108,112). The number of nitrogens with zero attached hydrogens (tertiary/aromatic N) is 4. The molecule has 1 amide bonds. The minimum Gasteiger partial charge on any atom is -0.455 e. The van der Waals surface area contributed by atoms with Gasteiger partial charge in [0.25, 0.3) is 5.91 Å². The van der Waals surface area contributed by atoms with Gasteiger partial charge < -0.3 is 43.2 Å². The number of rotatable bonds is 21. The van der Waals surface area contributed by atoms with Gasteiger partial charge in [0.2, 0.25) is 0 Å². The van der Waals surface area contributed by atoms with Gasteiger partial charge in [-0.3, -0.25) is 19.2 Å². The van der Waals surface area contributed by atoms with E-state index in [4.69, 9.17) is 37.9 Å². The van der Waals surface area contributed by atoms with Crippen molar-refractivity contribution >= 4 is 84.3 Å². The normalized spacial score (nSPS) is 13.9. The fourth-order valence-electron chi connectivity index (χ4n) is 17.0. The van der Waals surface area contributed by atoms with E-state index in [9.17, 15) is 40.2 Å². The summed E-state index contributed by atoms with van der Waals surface area (Å²) in [7, 11) is 0. The van der Waals surface area contributed by atoms with E-state index in [-0.39, 0.29) is 136 Å². The molecule has 1 atom stereocenters. The monoisotopic (exact) mass is 1570 g/mol. The molecule has 1 unspecified atom stereocenters. The molecule has 0 bridgehead atoms. The molecule has 1 N–H and O–H groups in total. The summed E-state index contributed by atoms with van der Waals surface area (Å²) in [5.41, 5.74) is 2.37. The Morgan fingerprint density at radius 3 is 0.875 bits per heavy atom. The third-order valence-electron chi connectivity index (χ3n) is 22.4. The summed E-state index contributed by atoms with van der Waals surface area (Å²) in [5, 5.41) is 56.6. The van der Waals surface area contributed by atoms with Crippen molar-refractivity contribution < 1.29 is 57.1 Å². The second-order valence-corrected chi connectivity index (χ2v) is 30.9. The van der Waals surface area contributed by atoms with Crippen molar-refractivity contribution in [2.24, 2.45) is 0 Å². The second kappa shape index (κ2) is 30.5. The molecule has 2 aliphatic carbocycles. The predicted molar refractivity (Wildman–Crippen MR) is 458 cm³/mol. The van der Waals surface area contributed by atoms with Gasteiger partial charge in [-0.15, -0.1) is 0 Å². The van der Waals surface area contributed by atoms with Crippen LogP contribution in [0.4, 0.5) is 5.69 Å². The van der Waals surface area contributed by atoms with Crippen LogP contribution in [0.1, 0.15) is 126 Å². The number of hydrogen-bond acceptors (Lipinski definition) is 16. The highest BCUT2D eigenvalue weighted by Crippen LogP contribution is 2.66. The van der Waals surface area contributed by atoms with Crippen LogP contribution < -0.4 is 43.2 Å². The van der Waals surface area contributed by atoms with Crippen LogP contribution in [0.5, 0.6) is 92.0 Å². The van der Waals surface area contributed by atoms with Crippen LogP contribution in [0.25, 0.3) is 53.9 Å². The lowest BCUT2D eigenvalue weighted by Gasteiger charge is -2.31. The van der Waals surface area contributed by atoms with E-state index < -0.39 is 22.2 Å². The molecular formula is C103H67N5O12. The molecule has 17 heteroatoms. The average Bonchev–Trinajstić information content (AvgIpc) is 1.52. The van der Waals surface area contributed by atoms with E-state index in [0.717, 1.165) is 76.1 Å². The number of aldehydes is 3. The van der Waals surface area contributed by atoms with Gasteiger partial charge in [0, 0.05) is 16.5 Å². The molecule has 0 radical (unpaired) electrons. The first-order valence-corrected chi connectivity index (χ1v) is 38.6. The fourth-order valence-corrected chi connectivity index (χ4v) is 17.0. The quantitative estimate of drug-likeness (QED) is 0.0657. The van der Waals surface area contributed by atoms with Crippen molar-refractivity contribution in [2.75, 3.05) is 5.32 Å². The van der Waals surface area contributed by atoms with E-state index in [0.29, 0.717) is 37.4 Å². The third kappa shape index (κ3) is 13.7. The smallest absolute Gasteiger partial charge is 0.259 e. The van der Waals surface area contributed by atoms with Gasteiger partial charge in [0.05, 0.1) is 22.3 Å². The Balaban J connectivity index is 0.786. The van der Waals surface area contributed by atoms with Crippen molar-refractivity contribution in [3.63, 3.8) is 0 Å². The maximum absolute atomic E-state index is 14.8. The first-order chi connectivity index (χ1) is 58.4. The molecule has 120 heavy (non-hydrogen) atoms. The minimum atomic E-state index is -0.940. The summed E-state index contributed by atoms with van der Waals surface area (Å²) in [6, 6.07) is 94.0. The van der Waals surface area contributed by atoms with E-state index in [1.807, 2.05) is 164 Å². The Labute approximate surface area is 688 Å². The van der Waals surface area contributed by atoms with Crippen LogP contribution in [0.15, 0.2) is 285 Å². The highest BCUT2D eigenvalue weighted by molar-refractivity contribution is 6.12. The van der Waals surface area contributed by atoms with Crippen LogP contribution in [-0.2, 0) is 16.2 Å². The summed E-state index contributed by atoms with van der Waals surface area (Å²) in [5.74, 6) is 1.35. The molecule has 576 valence electrons. The maximum Gasteiger partial charge on any atom is 0.259 e. The van der Waals surface area contributed by atoms with Crippen LogP contribution >= 0.6 is 0 Å². The molecule has 0 heterocycles. The van der Waals surface area contributed by atoms with Crippen LogP contribution in [0.2, 0.25) is 0 Å². The van der Waals surface area contributed by atoms with Crippen molar-refractivity contribution in [3.05, 3.63) is 352 Å². The Bertz CT molecular complexity index is 7210. The molecule has 17 nitrogen and oxygen atoms in total. The molecule has 16 aromatic carbocycles. The molecule has 18 rings (SSSR count). The maximum atomic E-state index is 14.8. The molecule has 16 aromatic rings. The van der Waals surface area contributed by atoms with Gasteiger partial charge in [-0.05, 0) is 222 Å². The van der Waals surface area contributed by atoms with E-state index in [1.165, 1.54) is 0 Å². The molecule has 2 aliphatic rings. The molecule has 0 fully saturated rings. The lowest BCUT2D eigenvalue weighted by Crippen LogP contribution is -2.27. The largest absolute Gasteiger partial charge is 0.455 e. The minimum absolute atomic E-state index is 0.00924. The van der Waals surface area contributed by atoms with E-state index in [1.54, 1.807) is 121 Å². The summed E-state index contributed by atoms with van der Waals surface area (Å²) < 4.78 is 55.0. The van der Waals surface area contributed by atoms with Gasteiger partial charge in [0.15, 0.2) is 41.9 Å². The first-order valence-electron chi connectivity index (χ1n) is 38.6. The number of fused-ring (bicyclic) bond motifs is 9. The van der Waals surface area contributed by atoms with Crippen LogP contribution in [-0.4, -0.2) is 24.8 Å². The van der Waals surface area contributed by atoms with Crippen molar-refractivity contribution in [1.29, 1.82) is 21.0 Å². The molecule has 1 spiro atoms. The number of amides is 1. The number of benzene rings is 16. The molecule has 0 aliphatic heterocycles. The lowest BCUT2D eigenvalue weighted by molar-refractivity contribution is 0.102. The zero-order valence-electron chi connectivity index (χ0n) is 65.0. The molecule has 0 aromatic heterocycles. The zero-order chi connectivity index (χ0) is 82.6. The van der Waals surface area contributed by atoms with Gasteiger partial charge >= 0.3 is 0 Å². The van der Waals surface area contributed by atoms with Crippen molar-refractivity contribution in [3.8, 4) is 116 Å². The number of hydrogen-bond donors (Lipinski definition) is 1. The number of nitrogens with one attached hydrogen (secondary N) is 1. The highest BCUT2D eigenvalue weighted by atomic mass is 16.5. The van der Waals surface area contributed by atoms with Crippen LogP contribution in [0.3, 0.4) is 0 Å². The summed E-state index contributed by atoms with van der Waals surface area (Å²) in [6.45, 7) is 8.54. The fraction of sp³-hybridized carbons (Fsp3) is 0.0874. The van der Waals surface area contributed by atoms with E-state index >= 15 is 0 Å². The second-order valence-electron chi connectivity index (χ2n) is 30.9. The molecular weight excluding hydrogens is 1500 g/mol.